The quantitative estimate of drug-likeness (QED) is 0.638. The lowest BCUT2D eigenvalue weighted by Gasteiger charge is -2.24. The van der Waals surface area contributed by atoms with E-state index >= 15 is 0 Å². The molecule has 1 fully saturated rings. The molecular formula is C21H19ClN2O3. The van der Waals surface area contributed by atoms with Crippen LogP contribution in [-0.4, -0.2) is 29.6 Å². The largest absolute Gasteiger partial charge is 0.496 e. The Morgan fingerprint density at radius 1 is 1.22 bits per heavy atom. The number of para-hydroxylation sites is 1. The number of amides is 1. The van der Waals surface area contributed by atoms with E-state index in [0.717, 1.165) is 24.0 Å². The van der Waals surface area contributed by atoms with Crippen molar-refractivity contribution in [2.45, 2.75) is 18.9 Å². The molecule has 1 aliphatic rings. The maximum atomic E-state index is 13.0. The van der Waals surface area contributed by atoms with Crippen molar-refractivity contribution < 1.29 is 14.1 Å². The lowest BCUT2D eigenvalue weighted by Crippen LogP contribution is -2.30. The molecule has 4 rings (SSSR count). The highest BCUT2D eigenvalue weighted by Gasteiger charge is 2.32. The minimum absolute atomic E-state index is 0.0289. The van der Waals surface area contributed by atoms with E-state index in [9.17, 15) is 4.79 Å². The van der Waals surface area contributed by atoms with E-state index in [1.165, 1.54) is 0 Å². The second kappa shape index (κ2) is 7.45. The van der Waals surface area contributed by atoms with Crippen LogP contribution in [0.2, 0.25) is 5.02 Å². The van der Waals surface area contributed by atoms with Crippen LogP contribution in [0.3, 0.4) is 0 Å². The van der Waals surface area contributed by atoms with Gasteiger partial charge in [-0.2, -0.15) is 0 Å². The summed E-state index contributed by atoms with van der Waals surface area (Å²) in [5.74, 6) is 1.06. The Hall–Kier alpha value is -2.79. The van der Waals surface area contributed by atoms with Gasteiger partial charge in [-0.05, 0) is 42.7 Å². The maximum Gasteiger partial charge on any atom is 0.276 e. The molecule has 2 aromatic carbocycles. The molecule has 0 bridgehead atoms. The number of rotatable bonds is 4. The fourth-order valence-electron chi connectivity index (χ4n) is 3.54. The summed E-state index contributed by atoms with van der Waals surface area (Å²) in [4.78, 5) is 14.9. The molecule has 3 aromatic rings. The fraction of sp³-hybridized carbons (Fsp3) is 0.238. The number of carbonyl (C=O) groups excluding carboxylic acids is 1. The highest BCUT2D eigenvalue weighted by molar-refractivity contribution is 6.30. The number of benzene rings is 2. The average molecular weight is 383 g/mol. The van der Waals surface area contributed by atoms with Gasteiger partial charge in [-0.15, -0.1) is 0 Å². The van der Waals surface area contributed by atoms with Crippen LogP contribution in [0.1, 0.15) is 34.9 Å². The highest BCUT2D eigenvalue weighted by Crippen LogP contribution is 2.35. The molecule has 0 aliphatic carbocycles. The monoisotopic (exact) mass is 382 g/mol. The summed E-state index contributed by atoms with van der Waals surface area (Å²) in [6.45, 7) is 0.697. The normalized spacial score (nSPS) is 16.5. The molecule has 138 valence electrons. The smallest absolute Gasteiger partial charge is 0.276 e. The molecule has 0 spiro atoms. The van der Waals surface area contributed by atoms with E-state index in [4.69, 9.17) is 20.9 Å². The van der Waals surface area contributed by atoms with Crippen molar-refractivity contribution in [1.29, 1.82) is 0 Å². The van der Waals surface area contributed by atoms with E-state index in [-0.39, 0.29) is 11.9 Å². The summed E-state index contributed by atoms with van der Waals surface area (Å²) in [7, 11) is 1.60. The Kier molecular flexibility index (Phi) is 4.86. The van der Waals surface area contributed by atoms with Gasteiger partial charge in [0.25, 0.3) is 5.91 Å². The average Bonchev–Trinajstić information content (AvgIpc) is 3.38. The van der Waals surface area contributed by atoms with Gasteiger partial charge in [0, 0.05) is 17.6 Å². The zero-order chi connectivity index (χ0) is 18.8. The van der Waals surface area contributed by atoms with Crippen LogP contribution in [-0.2, 0) is 0 Å². The van der Waals surface area contributed by atoms with Gasteiger partial charge in [-0.1, -0.05) is 41.0 Å². The number of halogens is 1. The second-order valence-electron chi connectivity index (χ2n) is 6.48. The third-order valence-corrected chi connectivity index (χ3v) is 5.12. The predicted octanol–water partition coefficient (Wildman–Crippen LogP) is 4.98. The number of ether oxygens (including phenoxy) is 1. The van der Waals surface area contributed by atoms with Gasteiger partial charge >= 0.3 is 0 Å². The van der Waals surface area contributed by atoms with Crippen molar-refractivity contribution >= 4 is 17.5 Å². The lowest BCUT2D eigenvalue weighted by molar-refractivity contribution is 0.0725. The number of carbonyl (C=O) groups is 1. The van der Waals surface area contributed by atoms with E-state index in [0.29, 0.717) is 28.8 Å². The molecule has 1 aliphatic heterocycles. The summed E-state index contributed by atoms with van der Waals surface area (Å²) < 4.78 is 10.8. The first-order valence-corrected chi connectivity index (χ1v) is 9.21. The molecule has 1 amide bonds. The van der Waals surface area contributed by atoms with Gasteiger partial charge in [-0.3, -0.25) is 4.79 Å². The van der Waals surface area contributed by atoms with Gasteiger partial charge in [0.15, 0.2) is 11.5 Å². The Labute approximate surface area is 162 Å². The van der Waals surface area contributed by atoms with Crippen LogP contribution in [0.5, 0.6) is 5.75 Å². The number of likely N-dealkylation sites (tertiary alicyclic amines) is 1. The Bertz CT molecular complexity index is 952. The number of hydrogen-bond donors (Lipinski definition) is 0. The molecule has 0 radical (unpaired) electrons. The van der Waals surface area contributed by atoms with Crippen LogP contribution >= 0.6 is 11.6 Å². The van der Waals surface area contributed by atoms with Crippen molar-refractivity contribution in [3.8, 4) is 17.1 Å². The van der Waals surface area contributed by atoms with Gasteiger partial charge in [0.05, 0.1) is 18.7 Å². The SMILES string of the molecule is COc1ccccc1-c1cc(C(=O)N2CCC[C@H]2c2ccc(Cl)cc2)no1. The first-order valence-electron chi connectivity index (χ1n) is 8.84. The molecule has 6 heteroatoms. The minimum Gasteiger partial charge on any atom is -0.496 e. The fourth-order valence-corrected chi connectivity index (χ4v) is 3.67. The number of methoxy groups -OCH3 is 1. The van der Waals surface area contributed by atoms with Crippen LogP contribution < -0.4 is 4.74 Å². The molecule has 2 heterocycles. The third-order valence-electron chi connectivity index (χ3n) is 4.87. The van der Waals surface area contributed by atoms with Crippen molar-refractivity contribution in [3.05, 3.63) is 70.9 Å². The summed E-state index contributed by atoms with van der Waals surface area (Å²) in [6, 6.07) is 16.9. The standard InChI is InChI=1S/C21H19ClN2O3/c1-26-19-7-3-2-5-16(19)20-13-17(23-27-20)21(25)24-12-4-6-18(24)14-8-10-15(22)11-9-14/h2-3,5,7-11,13,18H,4,6,12H2,1H3/t18-/m0/s1. The lowest BCUT2D eigenvalue weighted by atomic mass is 10.0. The van der Waals surface area contributed by atoms with Crippen LogP contribution in [0.15, 0.2) is 59.1 Å². The topological polar surface area (TPSA) is 55.6 Å². The van der Waals surface area contributed by atoms with Crippen LogP contribution in [0, 0.1) is 0 Å². The Morgan fingerprint density at radius 2 is 2.00 bits per heavy atom. The number of aromatic nitrogens is 1. The number of nitrogens with zero attached hydrogens (tertiary/aromatic N) is 2. The van der Waals surface area contributed by atoms with Crippen molar-refractivity contribution in [3.63, 3.8) is 0 Å². The zero-order valence-corrected chi connectivity index (χ0v) is 15.6. The molecule has 1 aromatic heterocycles. The maximum absolute atomic E-state index is 13.0. The predicted molar refractivity (Wildman–Crippen MR) is 103 cm³/mol. The zero-order valence-electron chi connectivity index (χ0n) is 14.9. The molecule has 0 saturated carbocycles. The minimum atomic E-state index is -0.127. The van der Waals surface area contributed by atoms with Gasteiger partial charge in [0.1, 0.15) is 5.75 Å². The van der Waals surface area contributed by atoms with Crippen LogP contribution in [0.25, 0.3) is 11.3 Å². The van der Waals surface area contributed by atoms with Crippen LogP contribution in [0.4, 0.5) is 0 Å². The Balaban J connectivity index is 1.59. The second-order valence-corrected chi connectivity index (χ2v) is 6.92. The van der Waals surface area contributed by atoms with Crippen molar-refractivity contribution in [1.82, 2.24) is 10.1 Å². The molecule has 27 heavy (non-hydrogen) atoms. The van der Waals surface area contributed by atoms with E-state index < -0.39 is 0 Å². The van der Waals surface area contributed by atoms with E-state index in [1.54, 1.807) is 13.2 Å². The molecule has 5 nitrogen and oxygen atoms in total. The molecule has 0 N–H and O–H groups in total. The first-order chi connectivity index (χ1) is 13.2. The van der Waals surface area contributed by atoms with Gasteiger partial charge < -0.3 is 14.2 Å². The summed E-state index contributed by atoms with van der Waals surface area (Å²) in [5.41, 5.74) is 2.15. The van der Waals surface area contributed by atoms with Crippen molar-refractivity contribution in [2.24, 2.45) is 0 Å². The highest BCUT2D eigenvalue weighted by atomic mass is 35.5. The molecule has 0 unspecified atom stereocenters. The Morgan fingerprint density at radius 3 is 2.78 bits per heavy atom. The summed E-state index contributed by atoms with van der Waals surface area (Å²) >= 11 is 5.99. The number of hydrogen-bond acceptors (Lipinski definition) is 4. The molecule has 1 saturated heterocycles. The molecule has 1 atom stereocenters. The first kappa shape index (κ1) is 17.6. The van der Waals surface area contributed by atoms with E-state index in [2.05, 4.69) is 5.16 Å². The van der Waals surface area contributed by atoms with Gasteiger partial charge in [-0.25, -0.2) is 0 Å². The third kappa shape index (κ3) is 3.43. The molecular weight excluding hydrogens is 364 g/mol. The summed E-state index contributed by atoms with van der Waals surface area (Å²) in [5, 5.41) is 4.70. The summed E-state index contributed by atoms with van der Waals surface area (Å²) in [6.07, 6.45) is 1.88. The van der Waals surface area contributed by atoms with Crippen molar-refractivity contribution in [2.75, 3.05) is 13.7 Å². The van der Waals surface area contributed by atoms with E-state index in [1.807, 2.05) is 53.4 Å². The van der Waals surface area contributed by atoms with Gasteiger partial charge in [0.2, 0.25) is 0 Å².